The molecule has 0 aliphatic heterocycles. The third-order valence-corrected chi connectivity index (χ3v) is 4.83. The first-order valence-corrected chi connectivity index (χ1v) is 9.83. The second-order valence-electron chi connectivity index (χ2n) is 8.38. The molecular formula is C24H33NO3. The Hall–Kier alpha value is -2.49. The third kappa shape index (κ3) is 6.01. The van der Waals surface area contributed by atoms with Crippen LogP contribution in [0.2, 0.25) is 0 Å². The fourth-order valence-electron chi connectivity index (χ4n) is 2.91. The van der Waals surface area contributed by atoms with Crippen molar-refractivity contribution in [3.63, 3.8) is 0 Å². The van der Waals surface area contributed by atoms with E-state index in [2.05, 4.69) is 44.3 Å². The third-order valence-electron chi connectivity index (χ3n) is 4.83. The van der Waals surface area contributed by atoms with Gasteiger partial charge in [0.25, 0.3) is 5.91 Å². The summed E-state index contributed by atoms with van der Waals surface area (Å²) in [5.41, 5.74) is 4.73. The van der Waals surface area contributed by atoms with Crippen LogP contribution < -0.4 is 14.8 Å². The topological polar surface area (TPSA) is 47.6 Å². The molecule has 4 heteroatoms. The van der Waals surface area contributed by atoms with Gasteiger partial charge in [-0.05, 0) is 73.6 Å². The lowest BCUT2D eigenvalue weighted by atomic mass is 9.87. The van der Waals surface area contributed by atoms with Crippen molar-refractivity contribution in [1.82, 2.24) is 5.32 Å². The Morgan fingerprint density at radius 2 is 1.71 bits per heavy atom. The van der Waals surface area contributed by atoms with Gasteiger partial charge in [-0.25, -0.2) is 0 Å². The molecule has 0 aliphatic carbocycles. The van der Waals surface area contributed by atoms with E-state index in [4.69, 9.17) is 9.47 Å². The maximum atomic E-state index is 12.3. The first-order valence-electron chi connectivity index (χ1n) is 9.83. The van der Waals surface area contributed by atoms with Crippen molar-refractivity contribution in [2.24, 2.45) is 0 Å². The lowest BCUT2D eigenvalue weighted by Crippen LogP contribution is -2.38. The van der Waals surface area contributed by atoms with Crippen LogP contribution in [-0.4, -0.2) is 25.2 Å². The minimum absolute atomic E-state index is 0.122. The quantitative estimate of drug-likeness (QED) is 0.694. The highest BCUT2D eigenvalue weighted by Crippen LogP contribution is 2.25. The van der Waals surface area contributed by atoms with Gasteiger partial charge in [0.1, 0.15) is 18.1 Å². The smallest absolute Gasteiger partial charge is 0.260 e. The molecular weight excluding hydrogens is 350 g/mol. The summed E-state index contributed by atoms with van der Waals surface area (Å²) in [6.07, 6.45) is -0.564. The van der Waals surface area contributed by atoms with E-state index in [1.165, 1.54) is 5.56 Å². The number of hydrogen-bond acceptors (Lipinski definition) is 3. The highest BCUT2D eigenvalue weighted by Gasteiger charge is 2.16. The molecule has 4 nitrogen and oxygen atoms in total. The van der Waals surface area contributed by atoms with Gasteiger partial charge in [0.2, 0.25) is 0 Å². The Kier molecular flexibility index (Phi) is 7.11. The number of aryl methyl sites for hydroxylation is 2. The maximum Gasteiger partial charge on any atom is 0.260 e. The fraction of sp³-hybridized carbons (Fsp3) is 0.458. The lowest BCUT2D eigenvalue weighted by Gasteiger charge is -2.19. The predicted molar refractivity (Wildman–Crippen MR) is 114 cm³/mol. The summed E-state index contributed by atoms with van der Waals surface area (Å²) in [6, 6.07) is 12.2. The van der Waals surface area contributed by atoms with E-state index in [-0.39, 0.29) is 11.3 Å². The number of ether oxygens (including phenoxy) is 2. The largest absolute Gasteiger partial charge is 0.492 e. The van der Waals surface area contributed by atoms with Crippen LogP contribution in [0.3, 0.4) is 0 Å². The van der Waals surface area contributed by atoms with Crippen molar-refractivity contribution in [2.45, 2.75) is 60.0 Å². The summed E-state index contributed by atoms with van der Waals surface area (Å²) in [7, 11) is 0. The van der Waals surface area contributed by atoms with E-state index in [0.29, 0.717) is 13.2 Å². The fourth-order valence-corrected chi connectivity index (χ4v) is 2.91. The average Bonchev–Trinajstić information content (AvgIpc) is 2.62. The average molecular weight is 384 g/mol. The van der Waals surface area contributed by atoms with E-state index >= 15 is 0 Å². The lowest BCUT2D eigenvalue weighted by molar-refractivity contribution is -0.127. The Labute approximate surface area is 169 Å². The number of benzene rings is 2. The standard InChI is InChI=1S/C24H33NO3/c1-16-14-17(2)18(3)22(15-16)28-19(4)23(26)25-12-13-27-21-10-8-20(9-11-21)24(5,6)7/h8-11,14-15,19H,12-13H2,1-7H3,(H,25,26)/t19-/m1/s1. The van der Waals surface area contributed by atoms with Gasteiger partial charge in [0, 0.05) is 0 Å². The van der Waals surface area contributed by atoms with E-state index in [1.54, 1.807) is 6.92 Å². The molecule has 0 saturated heterocycles. The van der Waals surface area contributed by atoms with Crippen molar-refractivity contribution in [2.75, 3.05) is 13.2 Å². The molecule has 0 heterocycles. The molecule has 0 aromatic heterocycles. The zero-order chi connectivity index (χ0) is 20.9. The molecule has 0 bridgehead atoms. The van der Waals surface area contributed by atoms with Crippen molar-refractivity contribution in [3.8, 4) is 11.5 Å². The molecule has 2 rings (SSSR count). The molecule has 0 fully saturated rings. The van der Waals surface area contributed by atoms with Crippen molar-refractivity contribution < 1.29 is 14.3 Å². The van der Waals surface area contributed by atoms with E-state index in [0.717, 1.165) is 28.2 Å². The number of amides is 1. The van der Waals surface area contributed by atoms with Gasteiger partial charge in [-0.2, -0.15) is 0 Å². The van der Waals surface area contributed by atoms with E-state index < -0.39 is 6.10 Å². The van der Waals surface area contributed by atoms with Crippen LogP contribution in [0, 0.1) is 20.8 Å². The number of hydrogen-bond donors (Lipinski definition) is 1. The SMILES string of the molecule is Cc1cc(C)c(C)c(O[C@H](C)C(=O)NCCOc2ccc(C(C)(C)C)cc2)c1. The van der Waals surface area contributed by atoms with E-state index in [9.17, 15) is 4.79 Å². The number of nitrogens with one attached hydrogen (secondary N) is 1. The second kappa shape index (κ2) is 9.13. The van der Waals surface area contributed by atoms with Crippen molar-refractivity contribution in [3.05, 3.63) is 58.7 Å². The zero-order valence-corrected chi connectivity index (χ0v) is 18.2. The molecule has 1 amide bonds. The molecule has 0 spiro atoms. The Morgan fingerprint density at radius 1 is 1.07 bits per heavy atom. The van der Waals surface area contributed by atoms with Gasteiger partial charge >= 0.3 is 0 Å². The first-order chi connectivity index (χ1) is 13.1. The minimum atomic E-state index is -0.564. The normalized spacial score (nSPS) is 12.4. The molecule has 1 atom stereocenters. The molecule has 28 heavy (non-hydrogen) atoms. The van der Waals surface area contributed by atoms with Gasteiger partial charge in [0.05, 0.1) is 6.54 Å². The number of rotatable bonds is 7. The summed E-state index contributed by atoms with van der Waals surface area (Å²) in [6.45, 7) is 15.2. The van der Waals surface area contributed by atoms with Gasteiger partial charge < -0.3 is 14.8 Å². The van der Waals surface area contributed by atoms with Crippen LogP contribution in [0.15, 0.2) is 36.4 Å². The second-order valence-corrected chi connectivity index (χ2v) is 8.38. The highest BCUT2D eigenvalue weighted by atomic mass is 16.5. The Morgan fingerprint density at radius 3 is 2.32 bits per heavy atom. The van der Waals surface area contributed by atoms with Crippen LogP contribution in [0.1, 0.15) is 49.9 Å². The summed E-state index contributed by atoms with van der Waals surface area (Å²) < 4.78 is 11.6. The maximum absolute atomic E-state index is 12.3. The van der Waals surface area contributed by atoms with Gasteiger partial charge in [-0.15, -0.1) is 0 Å². The molecule has 0 saturated carbocycles. The summed E-state index contributed by atoms with van der Waals surface area (Å²) in [5, 5.41) is 2.87. The van der Waals surface area contributed by atoms with Crippen LogP contribution in [0.4, 0.5) is 0 Å². The Bertz CT molecular complexity index is 804. The van der Waals surface area contributed by atoms with E-state index in [1.807, 2.05) is 39.0 Å². The molecule has 2 aromatic carbocycles. The number of carbonyl (C=O) groups is 1. The van der Waals surface area contributed by atoms with Crippen LogP contribution in [-0.2, 0) is 10.2 Å². The van der Waals surface area contributed by atoms with Crippen molar-refractivity contribution in [1.29, 1.82) is 0 Å². The van der Waals surface area contributed by atoms with Crippen LogP contribution in [0.5, 0.6) is 11.5 Å². The molecule has 152 valence electrons. The summed E-state index contributed by atoms with van der Waals surface area (Å²) in [5.74, 6) is 1.41. The summed E-state index contributed by atoms with van der Waals surface area (Å²) in [4.78, 5) is 12.3. The summed E-state index contributed by atoms with van der Waals surface area (Å²) >= 11 is 0. The molecule has 0 unspecified atom stereocenters. The monoisotopic (exact) mass is 383 g/mol. The van der Waals surface area contributed by atoms with Gasteiger partial charge in [0.15, 0.2) is 6.10 Å². The molecule has 0 aliphatic rings. The molecule has 2 aromatic rings. The highest BCUT2D eigenvalue weighted by molar-refractivity contribution is 5.80. The van der Waals surface area contributed by atoms with Gasteiger partial charge in [-0.1, -0.05) is 39.0 Å². The van der Waals surface area contributed by atoms with Crippen molar-refractivity contribution >= 4 is 5.91 Å². The predicted octanol–water partition coefficient (Wildman–Crippen LogP) is 4.87. The Balaban J connectivity index is 1.79. The van der Waals surface area contributed by atoms with Gasteiger partial charge in [-0.3, -0.25) is 4.79 Å². The minimum Gasteiger partial charge on any atom is -0.492 e. The molecule has 0 radical (unpaired) electrons. The number of carbonyl (C=O) groups excluding carboxylic acids is 1. The van der Waals surface area contributed by atoms with Crippen LogP contribution in [0.25, 0.3) is 0 Å². The zero-order valence-electron chi connectivity index (χ0n) is 18.2. The first kappa shape index (κ1) is 21.8. The molecule has 1 N–H and O–H groups in total. The van der Waals surface area contributed by atoms with Crippen LogP contribution >= 0.6 is 0 Å².